The second-order valence-electron chi connectivity index (χ2n) is 3.63. The van der Waals surface area contributed by atoms with Crippen molar-refractivity contribution in [2.45, 2.75) is 6.54 Å². The Morgan fingerprint density at radius 3 is 2.82 bits per heavy atom. The number of carbonyl (C=O) groups is 1. The zero-order chi connectivity index (χ0) is 12.7. The molecule has 0 aliphatic heterocycles. The van der Waals surface area contributed by atoms with Gasteiger partial charge in [-0.2, -0.15) is 5.06 Å². The molecule has 0 spiro atoms. The second kappa shape index (κ2) is 7.16. The number of amides is 1. The Kier molecular flexibility index (Phi) is 5.82. The van der Waals surface area contributed by atoms with Gasteiger partial charge in [-0.1, -0.05) is 12.1 Å². The number of rotatable bonds is 7. The molecule has 0 aliphatic rings. The Labute approximate surface area is 106 Å². The summed E-state index contributed by atoms with van der Waals surface area (Å²) in [5.41, 5.74) is 2.06. The molecule has 0 unspecified atom stereocenters. The van der Waals surface area contributed by atoms with Gasteiger partial charge in [0, 0.05) is 33.4 Å². The molecule has 0 fully saturated rings. The maximum Gasteiger partial charge on any atom is 0.207 e. The summed E-state index contributed by atoms with van der Waals surface area (Å²) in [5, 5.41) is 4.26. The molecule has 0 saturated carbocycles. The fourth-order valence-electron chi connectivity index (χ4n) is 1.18. The molecule has 6 heteroatoms. The molecule has 17 heavy (non-hydrogen) atoms. The Morgan fingerprint density at radius 1 is 1.41 bits per heavy atom. The van der Waals surface area contributed by atoms with Gasteiger partial charge in [-0.05, 0) is 17.7 Å². The second-order valence-corrected chi connectivity index (χ2v) is 4.47. The molecule has 0 aliphatic carbocycles. The molecule has 0 saturated heterocycles. The molecule has 1 aromatic rings. The Bertz CT molecular complexity index is 360. The van der Waals surface area contributed by atoms with Crippen LogP contribution in [0.1, 0.15) is 5.56 Å². The van der Waals surface area contributed by atoms with Crippen LogP contribution >= 0.6 is 12.2 Å². The highest BCUT2D eigenvalue weighted by molar-refractivity contribution is 7.96. The van der Waals surface area contributed by atoms with Crippen LogP contribution in [0.15, 0.2) is 24.3 Å². The van der Waals surface area contributed by atoms with Crippen molar-refractivity contribution in [3.63, 3.8) is 0 Å². The van der Waals surface area contributed by atoms with E-state index in [9.17, 15) is 4.79 Å². The van der Waals surface area contributed by atoms with Crippen LogP contribution in [0.25, 0.3) is 0 Å². The molecule has 0 radical (unpaired) electrons. The van der Waals surface area contributed by atoms with Crippen molar-refractivity contribution in [1.82, 2.24) is 10.4 Å². The number of benzene rings is 1. The predicted molar refractivity (Wildman–Crippen MR) is 70.1 cm³/mol. The molecule has 0 heterocycles. The van der Waals surface area contributed by atoms with Gasteiger partial charge in [0.15, 0.2) is 0 Å². The standard InChI is InChI=1S/C11H17N3O2S/c1-13(2)16-17-14(3)11-6-4-5-10(7-11)8-12-9-15/h4-7,9H,8H2,1-3H3,(H,12,15). The van der Waals surface area contributed by atoms with E-state index >= 15 is 0 Å². The zero-order valence-electron chi connectivity index (χ0n) is 10.2. The van der Waals surface area contributed by atoms with Gasteiger partial charge in [0.1, 0.15) is 12.2 Å². The Hall–Kier alpha value is -1.24. The van der Waals surface area contributed by atoms with Gasteiger partial charge >= 0.3 is 0 Å². The van der Waals surface area contributed by atoms with E-state index in [1.807, 2.05) is 49.7 Å². The SMILES string of the molecule is CN(C)OSN(C)c1cccc(CNC=O)c1. The maximum atomic E-state index is 10.2. The molecule has 1 aromatic carbocycles. The molecule has 1 amide bonds. The van der Waals surface area contributed by atoms with E-state index in [0.29, 0.717) is 13.0 Å². The fraction of sp³-hybridized carbons (Fsp3) is 0.364. The van der Waals surface area contributed by atoms with Gasteiger partial charge in [0.25, 0.3) is 0 Å². The van der Waals surface area contributed by atoms with Crippen LogP contribution in [0.2, 0.25) is 0 Å². The molecule has 5 nitrogen and oxygen atoms in total. The number of hydrogen-bond acceptors (Lipinski definition) is 5. The number of anilines is 1. The lowest BCUT2D eigenvalue weighted by atomic mass is 10.2. The summed E-state index contributed by atoms with van der Waals surface area (Å²) in [6.07, 6.45) is 0.695. The number of hydroxylamine groups is 2. The fourth-order valence-corrected chi connectivity index (χ4v) is 1.61. The van der Waals surface area contributed by atoms with Crippen molar-refractivity contribution in [3.05, 3.63) is 29.8 Å². The number of nitrogens with zero attached hydrogens (tertiary/aromatic N) is 2. The first-order valence-electron chi connectivity index (χ1n) is 5.15. The summed E-state index contributed by atoms with van der Waals surface area (Å²) in [6, 6.07) is 7.90. The van der Waals surface area contributed by atoms with E-state index in [0.717, 1.165) is 11.3 Å². The highest BCUT2D eigenvalue weighted by Crippen LogP contribution is 2.22. The summed E-state index contributed by atoms with van der Waals surface area (Å²) in [6.45, 7) is 0.532. The van der Waals surface area contributed by atoms with Crippen molar-refractivity contribution in [1.29, 1.82) is 0 Å². The first-order valence-corrected chi connectivity index (χ1v) is 5.85. The van der Waals surface area contributed by atoms with Crippen LogP contribution in [0, 0.1) is 0 Å². The molecule has 0 bridgehead atoms. The summed E-state index contributed by atoms with van der Waals surface area (Å²) in [5.74, 6) is 0. The van der Waals surface area contributed by atoms with Gasteiger partial charge < -0.3 is 5.32 Å². The third kappa shape index (κ3) is 5.08. The molecular weight excluding hydrogens is 238 g/mol. The molecule has 1 N–H and O–H groups in total. The van der Waals surface area contributed by atoms with E-state index in [4.69, 9.17) is 4.28 Å². The van der Waals surface area contributed by atoms with Crippen LogP contribution < -0.4 is 9.62 Å². The van der Waals surface area contributed by atoms with Crippen molar-refractivity contribution >= 4 is 24.3 Å². The largest absolute Gasteiger partial charge is 0.355 e. The van der Waals surface area contributed by atoms with Crippen molar-refractivity contribution in [2.24, 2.45) is 0 Å². The van der Waals surface area contributed by atoms with Gasteiger partial charge in [0.2, 0.25) is 6.41 Å². The van der Waals surface area contributed by atoms with Gasteiger partial charge in [-0.15, -0.1) is 0 Å². The van der Waals surface area contributed by atoms with E-state index < -0.39 is 0 Å². The van der Waals surface area contributed by atoms with Crippen LogP contribution in [-0.2, 0) is 15.6 Å². The first-order chi connectivity index (χ1) is 8.13. The monoisotopic (exact) mass is 255 g/mol. The molecule has 94 valence electrons. The van der Waals surface area contributed by atoms with Crippen LogP contribution in [-0.4, -0.2) is 32.6 Å². The van der Waals surface area contributed by atoms with E-state index in [1.165, 1.54) is 12.2 Å². The smallest absolute Gasteiger partial charge is 0.207 e. The quantitative estimate of drug-likeness (QED) is 0.345. The average molecular weight is 255 g/mol. The summed E-state index contributed by atoms with van der Waals surface area (Å²) in [4.78, 5) is 10.2. The molecule has 1 rings (SSSR count). The lowest BCUT2D eigenvalue weighted by Crippen LogP contribution is -2.15. The molecule has 0 aromatic heterocycles. The minimum atomic E-state index is 0.532. The summed E-state index contributed by atoms with van der Waals surface area (Å²) >= 11 is 1.24. The normalized spacial score (nSPS) is 10.4. The number of nitrogens with one attached hydrogen (secondary N) is 1. The highest BCUT2D eigenvalue weighted by atomic mass is 32.2. The third-order valence-electron chi connectivity index (χ3n) is 1.96. The minimum absolute atomic E-state index is 0.532. The van der Waals surface area contributed by atoms with Crippen molar-refractivity contribution in [3.8, 4) is 0 Å². The predicted octanol–water partition coefficient (Wildman–Crippen LogP) is 1.43. The van der Waals surface area contributed by atoms with Crippen LogP contribution in [0.4, 0.5) is 5.69 Å². The lowest BCUT2D eigenvalue weighted by Gasteiger charge is -2.19. The van der Waals surface area contributed by atoms with Crippen molar-refractivity contribution < 1.29 is 9.08 Å². The molecule has 0 atom stereocenters. The van der Waals surface area contributed by atoms with E-state index in [2.05, 4.69) is 5.32 Å². The van der Waals surface area contributed by atoms with Gasteiger partial charge in [0.05, 0.1) is 0 Å². The highest BCUT2D eigenvalue weighted by Gasteiger charge is 2.04. The van der Waals surface area contributed by atoms with E-state index in [-0.39, 0.29) is 0 Å². The topological polar surface area (TPSA) is 44.8 Å². The maximum absolute atomic E-state index is 10.2. The molecular formula is C11H17N3O2S. The Morgan fingerprint density at radius 2 is 2.18 bits per heavy atom. The van der Waals surface area contributed by atoms with Crippen molar-refractivity contribution in [2.75, 3.05) is 25.4 Å². The van der Waals surface area contributed by atoms with Crippen LogP contribution in [0.5, 0.6) is 0 Å². The average Bonchev–Trinajstić information content (AvgIpc) is 2.33. The van der Waals surface area contributed by atoms with Gasteiger partial charge in [-0.3, -0.25) is 9.10 Å². The Balaban J connectivity index is 2.59. The number of hydrogen-bond donors (Lipinski definition) is 1. The van der Waals surface area contributed by atoms with Crippen LogP contribution in [0.3, 0.4) is 0 Å². The third-order valence-corrected chi connectivity index (χ3v) is 2.76. The lowest BCUT2D eigenvalue weighted by molar-refractivity contribution is -0.109. The zero-order valence-corrected chi connectivity index (χ0v) is 11.0. The minimum Gasteiger partial charge on any atom is -0.355 e. The summed E-state index contributed by atoms with van der Waals surface area (Å²) < 4.78 is 7.19. The van der Waals surface area contributed by atoms with Gasteiger partial charge in [-0.25, -0.2) is 4.28 Å². The number of carbonyl (C=O) groups excluding carboxylic acids is 1. The summed E-state index contributed by atoms with van der Waals surface area (Å²) in [7, 11) is 5.57. The first kappa shape index (κ1) is 13.8. The van der Waals surface area contributed by atoms with E-state index in [1.54, 1.807) is 5.06 Å².